The summed E-state index contributed by atoms with van der Waals surface area (Å²) in [5.74, 6) is 0. The second-order valence-corrected chi connectivity index (χ2v) is 4.80. The monoisotopic (exact) mass is 246 g/mol. The van der Waals surface area contributed by atoms with Gasteiger partial charge in [0.1, 0.15) is 5.60 Å². The average molecular weight is 246 g/mol. The summed E-state index contributed by atoms with van der Waals surface area (Å²) in [4.78, 5) is 13.4. The zero-order valence-electron chi connectivity index (χ0n) is 11.7. The molecule has 0 aromatic carbocycles. The molecule has 0 saturated heterocycles. The van der Waals surface area contributed by atoms with Gasteiger partial charge in [0.2, 0.25) is 0 Å². The molecule has 0 aromatic heterocycles. The summed E-state index contributed by atoms with van der Waals surface area (Å²) in [6, 6.07) is 0. The minimum atomic E-state index is -0.437. The molecule has 1 amide bonds. The Morgan fingerprint density at radius 1 is 1.29 bits per heavy atom. The van der Waals surface area contributed by atoms with Crippen LogP contribution in [-0.2, 0) is 9.47 Å². The van der Waals surface area contributed by atoms with Crippen LogP contribution in [0.25, 0.3) is 0 Å². The van der Waals surface area contributed by atoms with E-state index in [2.05, 4.69) is 5.32 Å². The Labute approximate surface area is 104 Å². The molecule has 17 heavy (non-hydrogen) atoms. The number of amides is 1. The normalized spacial score (nSPS) is 11.4. The highest BCUT2D eigenvalue weighted by molar-refractivity contribution is 5.68. The third kappa shape index (κ3) is 8.94. The van der Waals surface area contributed by atoms with Crippen LogP contribution >= 0.6 is 0 Å². The van der Waals surface area contributed by atoms with E-state index in [1.807, 2.05) is 27.7 Å². The Morgan fingerprint density at radius 3 is 2.41 bits per heavy atom. The second-order valence-electron chi connectivity index (χ2n) is 4.80. The number of nitrogens with one attached hydrogen (secondary N) is 1. The number of carbonyl (C=O) groups is 1. The third-order valence-corrected chi connectivity index (χ3v) is 2.07. The molecule has 0 aliphatic heterocycles. The van der Waals surface area contributed by atoms with Crippen molar-refractivity contribution >= 4 is 6.09 Å². The van der Waals surface area contributed by atoms with Crippen LogP contribution in [0.4, 0.5) is 4.79 Å². The number of carbonyl (C=O) groups excluding carboxylic acids is 1. The van der Waals surface area contributed by atoms with Crippen LogP contribution in [0.3, 0.4) is 0 Å². The minimum absolute atomic E-state index is 0.256. The van der Waals surface area contributed by atoms with Crippen molar-refractivity contribution in [3.05, 3.63) is 0 Å². The molecule has 0 aliphatic rings. The van der Waals surface area contributed by atoms with Gasteiger partial charge < -0.3 is 19.7 Å². The molecule has 0 bridgehead atoms. The maximum atomic E-state index is 11.8. The van der Waals surface area contributed by atoms with Crippen molar-refractivity contribution in [2.75, 3.05) is 39.9 Å². The van der Waals surface area contributed by atoms with Crippen LogP contribution in [0.2, 0.25) is 0 Å². The van der Waals surface area contributed by atoms with E-state index in [1.165, 1.54) is 0 Å². The topological polar surface area (TPSA) is 50.8 Å². The van der Waals surface area contributed by atoms with Gasteiger partial charge in [0.25, 0.3) is 0 Å². The predicted molar refractivity (Wildman–Crippen MR) is 68.2 cm³/mol. The van der Waals surface area contributed by atoms with Crippen LogP contribution in [0.1, 0.15) is 27.7 Å². The smallest absolute Gasteiger partial charge is 0.410 e. The zero-order valence-corrected chi connectivity index (χ0v) is 11.7. The van der Waals surface area contributed by atoms with E-state index in [4.69, 9.17) is 9.47 Å². The zero-order chi connectivity index (χ0) is 13.3. The highest BCUT2D eigenvalue weighted by atomic mass is 16.6. The first-order valence-electron chi connectivity index (χ1n) is 6.08. The lowest BCUT2D eigenvalue weighted by Gasteiger charge is -2.26. The molecule has 0 radical (unpaired) electrons. The van der Waals surface area contributed by atoms with Gasteiger partial charge in [-0.1, -0.05) is 0 Å². The number of hydrogen-bond donors (Lipinski definition) is 1. The van der Waals surface area contributed by atoms with Crippen LogP contribution in [0, 0.1) is 0 Å². The third-order valence-electron chi connectivity index (χ3n) is 2.07. The summed E-state index contributed by atoms with van der Waals surface area (Å²) >= 11 is 0. The largest absolute Gasteiger partial charge is 0.444 e. The van der Waals surface area contributed by atoms with E-state index < -0.39 is 5.60 Å². The van der Waals surface area contributed by atoms with Crippen molar-refractivity contribution in [2.45, 2.75) is 33.3 Å². The molecule has 0 aromatic rings. The van der Waals surface area contributed by atoms with Crippen molar-refractivity contribution in [3.63, 3.8) is 0 Å². The van der Waals surface area contributed by atoms with E-state index in [0.717, 1.165) is 13.1 Å². The molecule has 0 atom stereocenters. The molecular formula is C12H26N2O3. The highest BCUT2D eigenvalue weighted by Crippen LogP contribution is 2.09. The predicted octanol–water partition coefficient (Wildman–Crippen LogP) is 1.48. The number of likely N-dealkylation sites (N-methyl/N-ethyl adjacent to an activating group) is 1. The number of nitrogens with zero attached hydrogens (tertiary/aromatic N) is 1. The SMILES string of the molecule is CCN(CCNCCOC)C(=O)OC(C)(C)C. The molecule has 0 aliphatic carbocycles. The Bertz CT molecular complexity index is 214. The van der Waals surface area contributed by atoms with E-state index >= 15 is 0 Å². The van der Waals surface area contributed by atoms with Crippen molar-refractivity contribution in [2.24, 2.45) is 0 Å². The maximum absolute atomic E-state index is 11.8. The summed E-state index contributed by atoms with van der Waals surface area (Å²) in [7, 11) is 1.67. The summed E-state index contributed by atoms with van der Waals surface area (Å²) in [5.41, 5.74) is -0.437. The molecule has 1 N–H and O–H groups in total. The Morgan fingerprint density at radius 2 is 1.94 bits per heavy atom. The van der Waals surface area contributed by atoms with Crippen molar-refractivity contribution in [3.8, 4) is 0 Å². The lowest BCUT2D eigenvalue weighted by Crippen LogP contribution is -2.40. The molecule has 5 heteroatoms. The molecule has 0 unspecified atom stereocenters. The van der Waals surface area contributed by atoms with Gasteiger partial charge in [-0.05, 0) is 27.7 Å². The first-order chi connectivity index (χ1) is 7.90. The Balaban J connectivity index is 3.86. The van der Waals surface area contributed by atoms with Crippen LogP contribution in [0.15, 0.2) is 0 Å². The summed E-state index contributed by atoms with van der Waals surface area (Å²) in [6.45, 7) is 11.1. The number of methoxy groups -OCH3 is 1. The summed E-state index contributed by atoms with van der Waals surface area (Å²) in [5, 5.41) is 3.19. The molecule has 0 rings (SSSR count). The van der Waals surface area contributed by atoms with E-state index in [9.17, 15) is 4.79 Å². The quantitative estimate of drug-likeness (QED) is 0.691. The molecule has 102 valence electrons. The van der Waals surface area contributed by atoms with Crippen molar-refractivity contribution in [1.82, 2.24) is 10.2 Å². The molecule has 5 nitrogen and oxygen atoms in total. The van der Waals surface area contributed by atoms with Gasteiger partial charge in [-0.25, -0.2) is 4.79 Å². The fraction of sp³-hybridized carbons (Fsp3) is 0.917. The number of ether oxygens (including phenoxy) is 2. The molecule has 0 spiro atoms. The summed E-state index contributed by atoms with van der Waals surface area (Å²) in [6.07, 6.45) is -0.256. The van der Waals surface area contributed by atoms with Gasteiger partial charge in [0.05, 0.1) is 6.61 Å². The van der Waals surface area contributed by atoms with Gasteiger partial charge in [0.15, 0.2) is 0 Å². The standard InChI is InChI=1S/C12H26N2O3/c1-6-14(9-7-13-8-10-16-5)11(15)17-12(2,3)4/h13H,6-10H2,1-5H3. The van der Waals surface area contributed by atoms with Crippen LogP contribution < -0.4 is 5.32 Å². The molecule has 0 heterocycles. The Hall–Kier alpha value is -0.810. The number of hydrogen-bond acceptors (Lipinski definition) is 4. The van der Waals surface area contributed by atoms with Crippen LogP contribution in [0.5, 0.6) is 0 Å². The molecule has 0 fully saturated rings. The molecular weight excluding hydrogens is 220 g/mol. The lowest BCUT2D eigenvalue weighted by molar-refractivity contribution is 0.0261. The maximum Gasteiger partial charge on any atom is 0.410 e. The summed E-state index contributed by atoms with van der Waals surface area (Å²) < 4.78 is 10.2. The van der Waals surface area contributed by atoms with Gasteiger partial charge in [-0.3, -0.25) is 0 Å². The highest BCUT2D eigenvalue weighted by Gasteiger charge is 2.20. The van der Waals surface area contributed by atoms with Gasteiger partial charge in [-0.15, -0.1) is 0 Å². The first-order valence-corrected chi connectivity index (χ1v) is 6.08. The minimum Gasteiger partial charge on any atom is -0.444 e. The van der Waals surface area contributed by atoms with Crippen molar-refractivity contribution < 1.29 is 14.3 Å². The van der Waals surface area contributed by atoms with E-state index in [1.54, 1.807) is 12.0 Å². The first kappa shape index (κ1) is 16.2. The average Bonchev–Trinajstić information content (AvgIpc) is 2.20. The fourth-order valence-electron chi connectivity index (χ4n) is 1.22. The number of rotatable bonds is 7. The van der Waals surface area contributed by atoms with Gasteiger partial charge in [-0.2, -0.15) is 0 Å². The Kier molecular flexibility index (Phi) is 7.91. The van der Waals surface area contributed by atoms with Gasteiger partial charge >= 0.3 is 6.09 Å². The van der Waals surface area contributed by atoms with E-state index in [0.29, 0.717) is 19.7 Å². The molecule has 0 saturated carbocycles. The van der Waals surface area contributed by atoms with Crippen LogP contribution in [-0.4, -0.2) is 56.5 Å². The van der Waals surface area contributed by atoms with Crippen molar-refractivity contribution in [1.29, 1.82) is 0 Å². The fourth-order valence-corrected chi connectivity index (χ4v) is 1.22. The van der Waals surface area contributed by atoms with E-state index in [-0.39, 0.29) is 6.09 Å². The lowest BCUT2D eigenvalue weighted by atomic mass is 10.2. The second kappa shape index (κ2) is 8.31. The van der Waals surface area contributed by atoms with Gasteiger partial charge in [0, 0.05) is 33.3 Å².